The average molecular weight is 320 g/mol. The molecule has 8 heteroatoms. The van der Waals surface area contributed by atoms with Gasteiger partial charge in [0.1, 0.15) is 5.82 Å². The minimum absolute atomic E-state index is 0.0213. The number of carbonyl (C=O) groups excluding carboxylic acids is 2. The van der Waals surface area contributed by atoms with Crippen molar-refractivity contribution in [3.63, 3.8) is 0 Å². The first-order chi connectivity index (χ1) is 11.1. The van der Waals surface area contributed by atoms with E-state index < -0.39 is 0 Å². The van der Waals surface area contributed by atoms with E-state index >= 15 is 0 Å². The van der Waals surface area contributed by atoms with Crippen molar-refractivity contribution in [3.05, 3.63) is 5.82 Å². The lowest BCUT2D eigenvalue weighted by molar-refractivity contribution is -0.140. The van der Waals surface area contributed by atoms with Crippen molar-refractivity contribution in [2.24, 2.45) is 5.92 Å². The van der Waals surface area contributed by atoms with E-state index in [1.54, 1.807) is 0 Å². The van der Waals surface area contributed by atoms with Crippen LogP contribution in [0.1, 0.15) is 44.3 Å². The molecule has 4 N–H and O–H groups in total. The maximum Gasteiger partial charge on any atom is 0.239 e. The molecule has 2 heterocycles. The van der Waals surface area contributed by atoms with Crippen LogP contribution in [-0.2, 0) is 16.0 Å². The predicted octanol–water partition coefficient (Wildman–Crippen LogP) is 0.227. The third kappa shape index (κ3) is 3.80. The molecule has 0 unspecified atom stereocenters. The zero-order valence-electron chi connectivity index (χ0n) is 13.3. The van der Waals surface area contributed by atoms with Crippen molar-refractivity contribution in [2.75, 3.05) is 18.8 Å². The Morgan fingerprint density at radius 2 is 2.13 bits per heavy atom. The first-order valence-electron chi connectivity index (χ1n) is 8.37. The molecule has 2 aliphatic rings. The minimum atomic E-state index is -0.104. The summed E-state index contributed by atoms with van der Waals surface area (Å²) < 4.78 is 0. The fourth-order valence-corrected chi connectivity index (χ4v) is 3.52. The van der Waals surface area contributed by atoms with Crippen LogP contribution < -0.4 is 11.1 Å². The van der Waals surface area contributed by atoms with Crippen molar-refractivity contribution in [3.8, 4) is 0 Å². The van der Waals surface area contributed by atoms with Gasteiger partial charge in [-0.1, -0.05) is 12.8 Å². The molecule has 1 atom stereocenters. The Labute approximate surface area is 135 Å². The van der Waals surface area contributed by atoms with E-state index in [9.17, 15) is 9.59 Å². The third-order valence-corrected chi connectivity index (χ3v) is 4.79. The van der Waals surface area contributed by atoms with Crippen LogP contribution in [0.2, 0.25) is 0 Å². The van der Waals surface area contributed by atoms with Crippen LogP contribution in [-0.4, -0.2) is 51.0 Å². The van der Waals surface area contributed by atoms with Gasteiger partial charge in [0.05, 0.1) is 5.92 Å². The Morgan fingerprint density at radius 1 is 1.35 bits per heavy atom. The quantitative estimate of drug-likeness (QED) is 0.718. The molecule has 126 valence electrons. The van der Waals surface area contributed by atoms with Gasteiger partial charge < -0.3 is 16.0 Å². The van der Waals surface area contributed by atoms with Crippen LogP contribution >= 0.6 is 0 Å². The van der Waals surface area contributed by atoms with Crippen LogP contribution in [0.4, 0.5) is 5.95 Å². The van der Waals surface area contributed by atoms with Gasteiger partial charge in [-0.2, -0.15) is 4.98 Å². The largest absolute Gasteiger partial charge is 0.367 e. The first kappa shape index (κ1) is 15.8. The highest BCUT2D eigenvalue weighted by atomic mass is 16.2. The number of amides is 2. The SMILES string of the molecule is Nc1n[nH]c(CCNC(=O)[C@H]2CCC(=O)N(C3CCCC3)C2)n1. The summed E-state index contributed by atoms with van der Waals surface area (Å²) >= 11 is 0. The predicted molar refractivity (Wildman–Crippen MR) is 84.2 cm³/mol. The maximum absolute atomic E-state index is 12.3. The second-order valence-electron chi connectivity index (χ2n) is 6.40. The van der Waals surface area contributed by atoms with Gasteiger partial charge in [-0.05, 0) is 19.3 Å². The van der Waals surface area contributed by atoms with E-state index in [0.29, 0.717) is 44.2 Å². The van der Waals surface area contributed by atoms with Crippen molar-refractivity contribution in [1.82, 2.24) is 25.4 Å². The first-order valence-corrected chi connectivity index (χ1v) is 8.37. The Kier molecular flexibility index (Phi) is 4.78. The lowest BCUT2D eigenvalue weighted by Gasteiger charge is -2.36. The van der Waals surface area contributed by atoms with E-state index in [-0.39, 0.29) is 23.7 Å². The standard InChI is InChI=1S/C15H24N6O2/c16-15-18-12(19-20-15)7-8-17-14(23)10-5-6-13(22)21(9-10)11-3-1-2-4-11/h10-11H,1-9H2,(H,17,23)(H3,16,18,19,20)/t10-/m0/s1. The number of piperidine rings is 1. The van der Waals surface area contributed by atoms with Gasteiger partial charge in [0.25, 0.3) is 0 Å². The average Bonchev–Trinajstić information content (AvgIpc) is 3.19. The third-order valence-electron chi connectivity index (χ3n) is 4.79. The van der Waals surface area contributed by atoms with Gasteiger partial charge in [0, 0.05) is 32.0 Å². The van der Waals surface area contributed by atoms with Crippen molar-refractivity contribution < 1.29 is 9.59 Å². The summed E-state index contributed by atoms with van der Waals surface area (Å²) in [6.07, 6.45) is 6.21. The van der Waals surface area contributed by atoms with E-state index in [0.717, 1.165) is 12.8 Å². The molecule has 8 nitrogen and oxygen atoms in total. The zero-order chi connectivity index (χ0) is 16.2. The Morgan fingerprint density at radius 3 is 2.83 bits per heavy atom. The molecule has 1 saturated carbocycles. The van der Waals surface area contributed by atoms with Crippen LogP contribution in [0.15, 0.2) is 0 Å². The van der Waals surface area contributed by atoms with E-state index in [2.05, 4.69) is 20.5 Å². The highest BCUT2D eigenvalue weighted by Gasteiger charge is 2.34. The number of nitrogens with two attached hydrogens (primary N) is 1. The van der Waals surface area contributed by atoms with Crippen LogP contribution in [0, 0.1) is 5.92 Å². The number of carbonyl (C=O) groups is 2. The Bertz CT molecular complexity index is 566. The molecule has 23 heavy (non-hydrogen) atoms. The second kappa shape index (κ2) is 6.97. The summed E-state index contributed by atoms with van der Waals surface area (Å²) in [5, 5.41) is 9.40. The minimum Gasteiger partial charge on any atom is -0.367 e. The normalized spacial score (nSPS) is 22.5. The zero-order valence-corrected chi connectivity index (χ0v) is 13.3. The molecular formula is C15H24N6O2. The number of rotatable bonds is 5. The summed E-state index contributed by atoms with van der Waals surface area (Å²) in [7, 11) is 0. The van der Waals surface area contributed by atoms with Gasteiger partial charge in [-0.25, -0.2) is 0 Å². The van der Waals surface area contributed by atoms with Crippen LogP contribution in [0.5, 0.6) is 0 Å². The van der Waals surface area contributed by atoms with Gasteiger partial charge in [0.2, 0.25) is 17.8 Å². The summed E-state index contributed by atoms with van der Waals surface area (Å²) in [5.41, 5.74) is 5.44. The molecule has 1 saturated heterocycles. The van der Waals surface area contributed by atoms with Crippen LogP contribution in [0.25, 0.3) is 0 Å². The van der Waals surface area contributed by atoms with Crippen LogP contribution in [0.3, 0.4) is 0 Å². The molecule has 1 aromatic heterocycles. The Hall–Kier alpha value is -2.12. The van der Waals surface area contributed by atoms with E-state index in [1.807, 2.05) is 4.90 Å². The van der Waals surface area contributed by atoms with Crippen molar-refractivity contribution >= 4 is 17.8 Å². The number of nitrogen functional groups attached to an aromatic ring is 1. The van der Waals surface area contributed by atoms with Gasteiger partial charge >= 0.3 is 0 Å². The highest BCUT2D eigenvalue weighted by Crippen LogP contribution is 2.28. The number of hydrogen-bond donors (Lipinski definition) is 3. The number of nitrogens with zero attached hydrogens (tertiary/aromatic N) is 3. The molecule has 0 bridgehead atoms. The molecular weight excluding hydrogens is 296 g/mol. The topological polar surface area (TPSA) is 117 Å². The highest BCUT2D eigenvalue weighted by molar-refractivity contribution is 5.84. The molecule has 2 amide bonds. The summed E-state index contributed by atoms with van der Waals surface area (Å²) in [4.78, 5) is 30.4. The summed E-state index contributed by atoms with van der Waals surface area (Å²) in [6, 6.07) is 0.343. The number of hydrogen-bond acceptors (Lipinski definition) is 5. The van der Waals surface area contributed by atoms with Gasteiger partial charge in [-0.3, -0.25) is 14.7 Å². The molecule has 2 fully saturated rings. The van der Waals surface area contributed by atoms with Gasteiger partial charge in [-0.15, -0.1) is 5.10 Å². The molecule has 1 aliphatic heterocycles. The lowest BCUT2D eigenvalue weighted by atomic mass is 9.95. The molecule has 1 aliphatic carbocycles. The molecule has 0 radical (unpaired) electrons. The number of H-pyrrole nitrogens is 1. The number of anilines is 1. The molecule has 3 rings (SSSR count). The number of aromatic nitrogens is 3. The fourth-order valence-electron chi connectivity index (χ4n) is 3.52. The monoisotopic (exact) mass is 320 g/mol. The molecule has 0 aromatic carbocycles. The summed E-state index contributed by atoms with van der Waals surface area (Å²) in [5.74, 6) is 0.998. The molecule has 1 aromatic rings. The number of likely N-dealkylation sites (tertiary alicyclic amines) is 1. The number of nitrogens with one attached hydrogen (secondary N) is 2. The maximum atomic E-state index is 12.3. The van der Waals surface area contributed by atoms with Gasteiger partial charge in [0.15, 0.2) is 0 Å². The summed E-state index contributed by atoms with van der Waals surface area (Å²) in [6.45, 7) is 1.05. The smallest absolute Gasteiger partial charge is 0.239 e. The van der Waals surface area contributed by atoms with E-state index in [4.69, 9.17) is 5.73 Å². The second-order valence-corrected chi connectivity index (χ2v) is 6.40. The van der Waals surface area contributed by atoms with E-state index in [1.165, 1.54) is 12.8 Å². The Balaban J connectivity index is 1.47. The fraction of sp³-hybridized carbons (Fsp3) is 0.733. The van der Waals surface area contributed by atoms with Crippen molar-refractivity contribution in [2.45, 2.75) is 51.0 Å². The van der Waals surface area contributed by atoms with Crippen molar-refractivity contribution in [1.29, 1.82) is 0 Å². The lowest BCUT2D eigenvalue weighted by Crippen LogP contribution is -2.49. The number of aromatic amines is 1. The molecule has 0 spiro atoms.